The van der Waals surface area contributed by atoms with Crippen molar-refractivity contribution in [2.45, 2.75) is 18.8 Å². The molecule has 3 nitrogen and oxygen atoms in total. The van der Waals surface area contributed by atoms with Crippen molar-refractivity contribution < 1.29 is 17.6 Å². The molecule has 1 unspecified atom stereocenters. The fourth-order valence-corrected chi connectivity index (χ4v) is 2.94. The molecule has 1 aliphatic rings. The standard InChI is InChI=1S/C17H17F4N3/c18-15-2-1-14(17(19,20)21)9-13(15)11-24-8-7-23-10-16(24)12-3-5-22-6-4-12/h1-6,9,16,23H,7-8,10-11H2. The average Bonchev–Trinajstić information content (AvgIpc) is 2.57. The Morgan fingerprint density at radius 2 is 1.92 bits per heavy atom. The zero-order valence-electron chi connectivity index (χ0n) is 12.9. The van der Waals surface area contributed by atoms with E-state index < -0.39 is 17.6 Å². The summed E-state index contributed by atoms with van der Waals surface area (Å²) in [6.45, 7) is 2.12. The zero-order chi connectivity index (χ0) is 17.2. The lowest BCUT2D eigenvalue weighted by Crippen LogP contribution is -2.45. The average molecular weight is 339 g/mol. The van der Waals surface area contributed by atoms with Gasteiger partial charge in [-0.2, -0.15) is 13.2 Å². The van der Waals surface area contributed by atoms with Gasteiger partial charge in [0.15, 0.2) is 0 Å². The van der Waals surface area contributed by atoms with E-state index in [1.807, 2.05) is 17.0 Å². The lowest BCUT2D eigenvalue weighted by molar-refractivity contribution is -0.137. The molecule has 0 radical (unpaired) electrons. The molecule has 1 aromatic carbocycles. The quantitative estimate of drug-likeness (QED) is 0.869. The van der Waals surface area contributed by atoms with E-state index in [4.69, 9.17) is 0 Å². The van der Waals surface area contributed by atoms with Crippen LogP contribution in [0, 0.1) is 5.82 Å². The van der Waals surface area contributed by atoms with Gasteiger partial charge in [0.25, 0.3) is 0 Å². The van der Waals surface area contributed by atoms with Crippen LogP contribution < -0.4 is 5.32 Å². The third-order valence-corrected chi connectivity index (χ3v) is 4.19. The van der Waals surface area contributed by atoms with Crippen molar-refractivity contribution >= 4 is 0 Å². The van der Waals surface area contributed by atoms with Crippen molar-refractivity contribution in [2.75, 3.05) is 19.6 Å². The number of alkyl halides is 3. The van der Waals surface area contributed by atoms with Gasteiger partial charge >= 0.3 is 6.18 Å². The van der Waals surface area contributed by atoms with E-state index in [-0.39, 0.29) is 18.2 Å². The van der Waals surface area contributed by atoms with Gasteiger partial charge in [-0.25, -0.2) is 4.39 Å². The van der Waals surface area contributed by atoms with Gasteiger partial charge in [-0.05, 0) is 35.9 Å². The van der Waals surface area contributed by atoms with Crippen LogP contribution in [-0.2, 0) is 12.7 Å². The van der Waals surface area contributed by atoms with E-state index in [0.717, 1.165) is 23.8 Å². The predicted octanol–water partition coefficient (Wildman–Crippen LogP) is 3.39. The molecule has 0 amide bonds. The summed E-state index contributed by atoms with van der Waals surface area (Å²) in [5.41, 5.74) is 0.241. The minimum atomic E-state index is -4.48. The number of piperazine rings is 1. The van der Waals surface area contributed by atoms with E-state index in [1.165, 1.54) is 0 Å². The number of aromatic nitrogens is 1. The molecule has 7 heteroatoms. The van der Waals surface area contributed by atoms with Crippen LogP contribution in [0.25, 0.3) is 0 Å². The van der Waals surface area contributed by atoms with Gasteiger partial charge in [-0.15, -0.1) is 0 Å². The normalized spacial score (nSPS) is 19.4. The molecule has 1 N–H and O–H groups in total. The number of benzene rings is 1. The van der Waals surface area contributed by atoms with E-state index >= 15 is 0 Å². The molecule has 3 rings (SSSR count). The number of nitrogens with one attached hydrogen (secondary N) is 1. The molecule has 0 aliphatic carbocycles. The van der Waals surface area contributed by atoms with Gasteiger partial charge in [-0.1, -0.05) is 0 Å². The van der Waals surface area contributed by atoms with E-state index in [0.29, 0.717) is 19.6 Å². The fraction of sp³-hybridized carbons (Fsp3) is 0.353. The molecule has 2 heterocycles. The summed E-state index contributed by atoms with van der Waals surface area (Å²) in [7, 11) is 0. The molecule has 1 aromatic heterocycles. The van der Waals surface area contributed by atoms with E-state index in [9.17, 15) is 17.6 Å². The number of pyridine rings is 1. The molecule has 0 bridgehead atoms. The first kappa shape index (κ1) is 16.9. The van der Waals surface area contributed by atoms with Crippen LogP contribution in [0.1, 0.15) is 22.7 Å². The molecule has 128 valence electrons. The number of halogens is 4. The summed E-state index contributed by atoms with van der Waals surface area (Å²) in [6.07, 6.45) is -1.13. The lowest BCUT2D eigenvalue weighted by atomic mass is 10.0. The van der Waals surface area contributed by atoms with Crippen LogP contribution in [-0.4, -0.2) is 29.5 Å². The van der Waals surface area contributed by atoms with Crippen molar-refractivity contribution in [3.63, 3.8) is 0 Å². The van der Waals surface area contributed by atoms with Crippen LogP contribution in [0.15, 0.2) is 42.7 Å². The summed E-state index contributed by atoms with van der Waals surface area (Å²) in [4.78, 5) is 5.97. The van der Waals surface area contributed by atoms with Crippen LogP contribution in [0.4, 0.5) is 17.6 Å². The second-order valence-corrected chi connectivity index (χ2v) is 5.77. The molecule has 0 spiro atoms. The summed E-state index contributed by atoms with van der Waals surface area (Å²) in [6, 6.07) is 6.27. The molecule has 24 heavy (non-hydrogen) atoms. The number of hydrogen-bond donors (Lipinski definition) is 1. The SMILES string of the molecule is Fc1ccc(C(F)(F)F)cc1CN1CCNCC1c1ccncc1. The highest BCUT2D eigenvalue weighted by Crippen LogP contribution is 2.31. The Balaban J connectivity index is 1.86. The summed E-state index contributed by atoms with van der Waals surface area (Å²) < 4.78 is 52.6. The van der Waals surface area contributed by atoms with Crippen molar-refractivity contribution in [3.8, 4) is 0 Å². The van der Waals surface area contributed by atoms with Crippen molar-refractivity contribution in [3.05, 3.63) is 65.2 Å². The third kappa shape index (κ3) is 3.73. The van der Waals surface area contributed by atoms with Gasteiger partial charge in [0.1, 0.15) is 5.82 Å². The van der Waals surface area contributed by atoms with Gasteiger partial charge in [0, 0.05) is 50.2 Å². The highest BCUT2D eigenvalue weighted by molar-refractivity contribution is 5.28. The second kappa shape index (κ2) is 6.86. The molecule has 2 aromatic rings. The molecule has 0 saturated carbocycles. The van der Waals surface area contributed by atoms with Gasteiger partial charge < -0.3 is 5.32 Å². The molecule has 1 saturated heterocycles. The highest BCUT2D eigenvalue weighted by Gasteiger charge is 2.32. The first-order valence-electron chi connectivity index (χ1n) is 7.65. The summed E-state index contributed by atoms with van der Waals surface area (Å²) in [5, 5.41) is 3.26. The predicted molar refractivity (Wildman–Crippen MR) is 81.7 cm³/mol. The Kier molecular flexibility index (Phi) is 4.82. The van der Waals surface area contributed by atoms with Crippen LogP contribution in [0.3, 0.4) is 0 Å². The van der Waals surface area contributed by atoms with Crippen LogP contribution in [0.5, 0.6) is 0 Å². The highest BCUT2D eigenvalue weighted by atomic mass is 19.4. The molecular formula is C17H17F4N3. The Hall–Kier alpha value is -1.99. The van der Waals surface area contributed by atoms with Crippen LogP contribution >= 0.6 is 0 Å². The third-order valence-electron chi connectivity index (χ3n) is 4.19. The fourth-order valence-electron chi connectivity index (χ4n) is 2.94. The van der Waals surface area contributed by atoms with Crippen molar-refractivity contribution in [1.82, 2.24) is 15.2 Å². The van der Waals surface area contributed by atoms with Gasteiger partial charge in [0.05, 0.1) is 5.56 Å². The summed E-state index contributed by atoms with van der Waals surface area (Å²) >= 11 is 0. The number of hydrogen-bond acceptors (Lipinski definition) is 3. The first-order valence-corrected chi connectivity index (χ1v) is 7.65. The van der Waals surface area contributed by atoms with E-state index in [1.54, 1.807) is 12.4 Å². The molecule has 1 atom stereocenters. The Morgan fingerprint density at radius 1 is 1.17 bits per heavy atom. The maximum atomic E-state index is 14.0. The van der Waals surface area contributed by atoms with Crippen molar-refractivity contribution in [2.24, 2.45) is 0 Å². The second-order valence-electron chi connectivity index (χ2n) is 5.77. The molecule has 1 aliphatic heterocycles. The van der Waals surface area contributed by atoms with Crippen molar-refractivity contribution in [1.29, 1.82) is 0 Å². The molecular weight excluding hydrogens is 322 g/mol. The van der Waals surface area contributed by atoms with Crippen LogP contribution in [0.2, 0.25) is 0 Å². The van der Waals surface area contributed by atoms with E-state index in [2.05, 4.69) is 10.3 Å². The Labute approximate surface area is 137 Å². The zero-order valence-corrected chi connectivity index (χ0v) is 12.9. The minimum Gasteiger partial charge on any atom is -0.314 e. The topological polar surface area (TPSA) is 28.2 Å². The van der Waals surface area contributed by atoms with Gasteiger partial charge in [0.2, 0.25) is 0 Å². The summed E-state index contributed by atoms with van der Waals surface area (Å²) in [5.74, 6) is -0.616. The maximum Gasteiger partial charge on any atom is 0.416 e. The monoisotopic (exact) mass is 339 g/mol. The maximum absolute atomic E-state index is 14.0. The lowest BCUT2D eigenvalue weighted by Gasteiger charge is -2.36. The minimum absolute atomic E-state index is 0.0318. The largest absolute Gasteiger partial charge is 0.416 e. The Bertz CT molecular complexity index is 688. The number of rotatable bonds is 3. The smallest absolute Gasteiger partial charge is 0.314 e. The molecule has 1 fully saturated rings. The first-order chi connectivity index (χ1) is 11.4. The Morgan fingerprint density at radius 3 is 2.62 bits per heavy atom. The number of nitrogens with zero attached hydrogens (tertiary/aromatic N) is 2. The van der Waals surface area contributed by atoms with Gasteiger partial charge in [-0.3, -0.25) is 9.88 Å².